The number of pyridine rings is 1. The van der Waals surface area contributed by atoms with Gasteiger partial charge in [0, 0.05) is 5.39 Å². The van der Waals surface area contributed by atoms with Gasteiger partial charge in [0.05, 0.1) is 12.2 Å². The van der Waals surface area contributed by atoms with Crippen LogP contribution in [0, 0.1) is 5.82 Å². The molecule has 4 aromatic rings. The maximum absolute atomic E-state index is 13.3. The van der Waals surface area contributed by atoms with Gasteiger partial charge in [-0.2, -0.15) is 0 Å². The summed E-state index contributed by atoms with van der Waals surface area (Å²) >= 11 is 0. The third-order valence-corrected chi connectivity index (χ3v) is 4.34. The predicted octanol–water partition coefficient (Wildman–Crippen LogP) is 4.86. The molecule has 0 atom stereocenters. The minimum Gasteiger partial charge on any atom is -0.303 e. The van der Waals surface area contributed by atoms with Crippen molar-refractivity contribution in [2.75, 3.05) is 0 Å². The van der Waals surface area contributed by atoms with Crippen LogP contribution in [-0.2, 0) is 6.54 Å². The third kappa shape index (κ3) is 2.96. The zero-order valence-corrected chi connectivity index (χ0v) is 13.5. The zero-order valence-electron chi connectivity index (χ0n) is 13.5. The largest absolute Gasteiger partial charge is 0.303 e. The predicted molar refractivity (Wildman–Crippen MR) is 99.1 cm³/mol. The van der Waals surface area contributed by atoms with Crippen LogP contribution in [0.1, 0.15) is 5.56 Å². The topological polar surface area (TPSA) is 22.0 Å². The Balaban J connectivity index is 1.97. The average Bonchev–Trinajstić information content (AvgIpc) is 2.65. The molecular weight excluding hydrogens is 313 g/mol. The van der Waals surface area contributed by atoms with Crippen LogP contribution in [0.4, 0.5) is 4.39 Å². The summed E-state index contributed by atoms with van der Waals surface area (Å²) in [6.45, 7) is 0.469. The Morgan fingerprint density at radius 3 is 2.24 bits per heavy atom. The maximum atomic E-state index is 13.3. The molecule has 0 aliphatic carbocycles. The van der Waals surface area contributed by atoms with Gasteiger partial charge in [-0.05, 0) is 52.9 Å². The van der Waals surface area contributed by atoms with E-state index in [1.165, 1.54) is 12.1 Å². The van der Waals surface area contributed by atoms with Crippen LogP contribution in [0.2, 0.25) is 0 Å². The highest BCUT2D eigenvalue weighted by Gasteiger charge is 2.11. The first-order valence-corrected chi connectivity index (χ1v) is 8.15. The van der Waals surface area contributed by atoms with Gasteiger partial charge in [0.1, 0.15) is 5.82 Å². The SMILES string of the molecule is O=c1c2ccccc2cc(-c2ccc(F)cc2)n1Cc1ccccc1. The first-order chi connectivity index (χ1) is 12.2. The molecule has 0 fully saturated rings. The summed E-state index contributed by atoms with van der Waals surface area (Å²) in [4.78, 5) is 13.1. The molecule has 0 N–H and O–H groups in total. The lowest BCUT2D eigenvalue weighted by Gasteiger charge is -2.15. The highest BCUT2D eigenvalue weighted by Crippen LogP contribution is 2.23. The van der Waals surface area contributed by atoms with Crippen LogP contribution in [0.25, 0.3) is 22.0 Å². The van der Waals surface area contributed by atoms with Crippen molar-refractivity contribution in [2.45, 2.75) is 6.54 Å². The summed E-state index contributed by atoms with van der Waals surface area (Å²) in [7, 11) is 0. The second-order valence-corrected chi connectivity index (χ2v) is 6.00. The van der Waals surface area contributed by atoms with Crippen molar-refractivity contribution < 1.29 is 4.39 Å². The molecule has 0 saturated heterocycles. The molecule has 1 aromatic heterocycles. The Morgan fingerprint density at radius 1 is 0.800 bits per heavy atom. The van der Waals surface area contributed by atoms with E-state index in [4.69, 9.17) is 0 Å². The number of halogens is 1. The minimum absolute atomic E-state index is 0.0405. The molecule has 0 unspecified atom stereocenters. The van der Waals surface area contributed by atoms with Gasteiger partial charge in [0.25, 0.3) is 5.56 Å². The number of fused-ring (bicyclic) bond motifs is 1. The smallest absolute Gasteiger partial charge is 0.259 e. The Morgan fingerprint density at radius 2 is 1.48 bits per heavy atom. The third-order valence-electron chi connectivity index (χ3n) is 4.34. The summed E-state index contributed by atoms with van der Waals surface area (Å²) in [6, 6.07) is 25.7. The summed E-state index contributed by atoms with van der Waals surface area (Å²) < 4.78 is 15.1. The monoisotopic (exact) mass is 329 g/mol. The van der Waals surface area contributed by atoms with E-state index in [0.717, 1.165) is 22.2 Å². The van der Waals surface area contributed by atoms with Gasteiger partial charge in [0.2, 0.25) is 0 Å². The zero-order chi connectivity index (χ0) is 17.2. The first-order valence-electron chi connectivity index (χ1n) is 8.15. The van der Waals surface area contributed by atoms with Gasteiger partial charge < -0.3 is 4.57 Å². The lowest BCUT2D eigenvalue weighted by atomic mass is 10.1. The molecule has 25 heavy (non-hydrogen) atoms. The fraction of sp³-hybridized carbons (Fsp3) is 0.0455. The number of benzene rings is 3. The molecule has 122 valence electrons. The van der Waals surface area contributed by atoms with E-state index in [-0.39, 0.29) is 11.4 Å². The summed E-state index contributed by atoms with van der Waals surface area (Å²) in [5, 5.41) is 1.57. The molecule has 1 heterocycles. The van der Waals surface area contributed by atoms with Crippen LogP contribution in [0.3, 0.4) is 0 Å². The Labute approximate surface area is 144 Å². The van der Waals surface area contributed by atoms with Gasteiger partial charge in [-0.15, -0.1) is 0 Å². The second kappa shape index (κ2) is 6.36. The molecule has 3 heteroatoms. The van der Waals surface area contributed by atoms with E-state index in [0.29, 0.717) is 11.9 Å². The lowest BCUT2D eigenvalue weighted by Crippen LogP contribution is -2.22. The normalized spacial score (nSPS) is 10.9. The van der Waals surface area contributed by atoms with Gasteiger partial charge in [-0.25, -0.2) is 4.39 Å². The molecule has 0 aliphatic rings. The van der Waals surface area contributed by atoms with E-state index in [1.54, 1.807) is 16.7 Å². The Hall–Kier alpha value is -3.20. The standard InChI is InChI=1S/C22H16FNO/c23-19-12-10-17(11-13-19)21-14-18-8-4-5-9-20(18)22(25)24(21)15-16-6-2-1-3-7-16/h1-14H,15H2. The lowest BCUT2D eigenvalue weighted by molar-refractivity contribution is 0.628. The van der Waals surface area contributed by atoms with Gasteiger partial charge in [0.15, 0.2) is 0 Å². The number of hydrogen-bond donors (Lipinski definition) is 0. The fourth-order valence-electron chi connectivity index (χ4n) is 3.08. The maximum Gasteiger partial charge on any atom is 0.259 e. The van der Waals surface area contributed by atoms with Crippen LogP contribution in [0.5, 0.6) is 0 Å². The van der Waals surface area contributed by atoms with Crippen molar-refractivity contribution in [3.63, 3.8) is 0 Å². The number of rotatable bonds is 3. The molecule has 3 aromatic carbocycles. The van der Waals surface area contributed by atoms with Crippen molar-refractivity contribution in [3.8, 4) is 11.3 Å². The van der Waals surface area contributed by atoms with Gasteiger partial charge >= 0.3 is 0 Å². The summed E-state index contributed by atoms with van der Waals surface area (Å²) in [5.41, 5.74) is 2.61. The van der Waals surface area contributed by atoms with Crippen molar-refractivity contribution in [1.82, 2.24) is 4.57 Å². The van der Waals surface area contributed by atoms with E-state index in [2.05, 4.69) is 0 Å². The molecule has 0 saturated carbocycles. The van der Waals surface area contributed by atoms with E-state index < -0.39 is 0 Å². The van der Waals surface area contributed by atoms with Crippen LogP contribution >= 0.6 is 0 Å². The van der Waals surface area contributed by atoms with Crippen LogP contribution in [0.15, 0.2) is 89.7 Å². The molecule has 0 aliphatic heterocycles. The number of hydrogen-bond acceptors (Lipinski definition) is 1. The first kappa shape index (κ1) is 15.3. The van der Waals surface area contributed by atoms with E-state index in [9.17, 15) is 9.18 Å². The number of aromatic nitrogens is 1. The Kier molecular flexibility index (Phi) is 3.90. The molecule has 4 rings (SSSR count). The minimum atomic E-state index is -0.290. The fourth-order valence-corrected chi connectivity index (χ4v) is 3.08. The number of nitrogens with zero attached hydrogens (tertiary/aromatic N) is 1. The van der Waals surface area contributed by atoms with Gasteiger partial charge in [-0.1, -0.05) is 48.5 Å². The van der Waals surface area contributed by atoms with Crippen molar-refractivity contribution in [2.24, 2.45) is 0 Å². The average molecular weight is 329 g/mol. The summed E-state index contributed by atoms with van der Waals surface area (Å²) in [5.74, 6) is -0.290. The van der Waals surface area contributed by atoms with Crippen molar-refractivity contribution in [3.05, 3.63) is 107 Å². The summed E-state index contributed by atoms with van der Waals surface area (Å²) in [6.07, 6.45) is 0. The molecule has 0 spiro atoms. The quantitative estimate of drug-likeness (QED) is 0.526. The molecule has 0 amide bonds. The second-order valence-electron chi connectivity index (χ2n) is 6.00. The van der Waals surface area contributed by atoms with Crippen LogP contribution < -0.4 is 5.56 Å². The van der Waals surface area contributed by atoms with Gasteiger partial charge in [-0.3, -0.25) is 4.79 Å². The molecular formula is C22H16FNO. The molecule has 2 nitrogen and oxygen atoms in total. The Bertz CT molecular complexity index is 1080. The highest BCUT2D eigenvalue weighted by atomic mass is 19.1. The molecule has 0 radical (unpaired) electrons. The van der Waals surface area contributed by atoms with Crippen molar-refractivity contribution >= 4 is 10.8 Å². The van der Waals surface area contributed by atoms with Crippen LogP contribution in [-0.4, -0.2) is 4.57 Å². The van der Waals surface area contributed by atoms with Crippen molar-refractivity contribution in [1.29, 1.82) is 0 Å². The van der Waals surface area contributed by atoms with E-state index >= 15 is 0 Å². The molecule has 0 bridgehead atoms. The highest BCUT2D eigenvalue weighted by molar-refractivity contribution is 5.85. The van der Waals surface area contributed by atoms with E-state index in [1.807, 2.05) is 60.7 Å².